The predicted octanol–water partition coefficient (Wildman–Crippen LogP) is 1.56. The standard InChI is InChI=1S/C13H15FN4O2S/c1-17-9-13(15-16-17)21(19,20)18(8-10-5-6-10)12-4-2-3-11(14)7-12/h2-4,7,9-10H,5-6,8H2,1H3. The van der Waals surface area contributed by atoms with Crippen LogP contribution < -0.4 is 4.31 Å². The molecule has 1 fully saturated rings. The minimum Gasteiger partial charge on any atom is -0.265 e. The highest BCUT2D eigenvalue weighted by Gasteiger charge is 2.33. The summed E-state index contributed by atoms with van der Waals surface area (Å²) in [5, 5.41) is 7.20. The molecule has 1 saturated carbocycles. The first-order chi connectivity index (χ1) is 9.96. The molecule has 0 unspecified atom stereocenters. The van der Waals surface area contributed by atoms with Crippen LogP contribution in [0.3, 0.4) is 0 Å². The molecule has 0 radical (unpaired) electrons. The Kier molecular flexibility index (Phi) is 3.40. The van der Waals surface area contributed by atoms with Gasteiger partial charge in [0, 0.05) is 13.6 Å². The number of aromatic nitrogens is 3. The SMILES string of the molecule is Cn1cc(S(=O)(=O)N(CC2CC2)c2cccc(F)c2)nn1. The van der Waals surface area contributed by atoms with E-state index in [1.54, 1.807) is 13.1 Å². The van der Waals surface area contributed by atoms with Gasteiger partial charge in [0.05, 0.1) is 11.9 Å². The Labute approximate surface area is 122 Å². The van der Waals surface area contributed by atoms with E-state index in [1.165, 1.54) is 33.4 Å². The second-order valence-corrected chi connectivity index (χ2v) is 7.00. The predicted molar refractivity (Wildman–Crippen MR) is 74.7 cm³/mol. The zero-order chi connectivity index (χ0) is 15.0. The number of halogens is 1. The molecule has 1 aromatic heterocycles. The molecular weight excluding hydrogens is 295 g/mol. The first-order valence-electron chi connectivity index (χ1n) is 6.61. The molecule has 3 rings (SSSR count). The minimum absolute atomic E-state index is 0.130. The maximum absolute atomic E-state index is 13.4. The Hall–Kier alpha value is -1.96. The van der Waals surface area contributed by atoms with Gasteiger partial charge >= 0.3 is 0 Å². The molecule has 21 heavy (non-hydrogen) atoms. The monoisotopic (exact) mass is 310 g/mol. The quantitative estimate of drug-likeness (QED) is 0.840. The van der Waals surface area contributed by atoms with E-state index in [0.717, 1.165) is 12.8 Å². The van der Waals surface area contributed by atoms with Gasteiger partial charge in [0.15, 0.2) is 0 Å². The third-order valence-electron chi connectivity index (χ3n) is 3.35. The van der Waals surface area contributed by atoms with Crippen molar-refractivity contribution < 1.29 is 12.8 Å². The number of benzene rings is 1. The number of hydrogen-bond donors (Lipinski definition) is 0. The molecule has 0 aliphatic heterocycles. The summed E-state index contributed by atoms with van der Waals surface area (Å²) < 4.78 is 41.4. The fourth-order valence-electron chi connectivity index (χ4n) is 2.07. The van der Waals surface area contributed by atoms with Crippen molar-refractivity contribution in [2.24, 2.45) is 13.0 Å². The van der Waals surface area contributed by atoms with Crippen molar-refractivity contribution in [3.8, 4) is 0 Å². The van der Waals surface area contributed by atoms with Crippen LogP contribution >= 0.6 is 0 Å². The average molecular weight is 310 g/mol. The first kappa shape index (κ1) is 14.0. The summed E-state index contributed by atoms with van der Waals surface area (Å²) in [5.74, 6) is -0.151. The van der Waals surface area contributed by atoms with Gasteiger partial charge in [0.1, 0.15) is 5.82 Å². The lowest BCUT2D eigenvalue weighted by molar-refractivity contribution is 0.583. The van der Waals surface area contributed by atoms with E-state index >= 15 is 0 Å². The highest BCUT2D eigenvalue weighted by Crippen LogP contribution is 2.34. The van der Waals surface area contributed by atoms with E-state index < -0.39 is 15.8 Å². The molecule has 8 heteroatoms. The summed E-state index contributed by atoms with van der Waals surface area (Å²) in [4.78, 5) is 0. The van der Waals surface area contributed by atoms with E-state index in [4.69, 9.17) is 0 Å². The average Bonchev–Trinajstić information content (AvgIpc) is 3.15. The highest BCUT2D eigenvalue weighted by molar-refractivity contribution is 7.92. The second kappa shape index (κ2) is 5.10. The van der Waals surface area contributed by atoms with Gasteiger partial charge in [-0.2, -0.15) is 8.42 Å². The Balaban J connectivity index is 2.02. The van der Waals surface area contributed by atoms with Crippen LogP contribution in [0.25, 0.3) is 0 Å². The van der Waals surface area contributed by atoms with Gasteiger partial charge in [0.2, 0.25) is 5.03 Å². The molecule has 0 saturated heterocycles. The van der Waals surface area contributed by atoms with E-state index in [2.05, 4.69) is 10.3 Å². The van der Waals surface area contributed by atoms with Gasteiger partial charge in [-0.15, -0.1) is 5.10 Å². The molecular formula is C13H15FN4O2S. The molecule has 6 nitrogen and oxygen atoms in total. The number of hydrogen-bond acceptors (Lipinski definition) is 4. The van der Waals surface area contributed by atoms with Crippen LogP contribution in [0.2, 0.25) is 0 Å². The Morgan fingerprint density at radius 1 is 1.43 bits per heavy atom. The third-order valence-corrected chi connectivity index (χ3v) is 5.01. The van der Waals surface area contributed by atoms with Crippen LogP contribution in [-0.4, -0.2) is 30.0 Å². The van der Waals surface area contributed by atoms with E-state index in [1.807, 2.05) is 0 Å². The summed E-state index contributed by atoms with van der Waals surface area (Å²) >= 11 is 0. The van der Waals surface area contributed by atoms with Crippen molar-refractivity contribution in [1.82, 2.24) is 15.0 Å². The number of nitrogens with zero attached hydrogens (tertiary/aromatic N) is 4. The zero-order valence-electron chi connectivity index (χ0n) is 11.5. The third kappa shape index (κ3) is 2.90. The number of aryl methyl sites for hydroxylation is 1. The molecule has 112 valence electrons. The summed E-state index contributed by atoms with van der Waals surface area (Å²) in [6.45, 7) is 0.336. The first-order valence-corrected chi connectivity index (χ1v) is 8.05. The summed E-state index contributed by atoms with van der Waals surface area (Å²) in [6, 6.07) is 5.58. The molecule has 1 aromatic carbocycles. The highest BCUT2D eigenvalue weighted by atomic mass is 32.2. The lowest BCUT2D eigenvalue weighted by Gasteiger charge is -2.23. The second-order valence-electron chi connectivity index (χ2n) is 5.19. The normalized spacial score (nSPS) is 15.1. The van der Waals surface area contributed by atoms with Crippen LogP contribution in [0, 0.1) is 11.7 Å². The summed E-state index contributed by atoms with van der Waals surface area (Å²) in [5.41, 5.74) is 0.313. The van der Waals surface area contributed by atoms with Crippen molar-refractivity contribution in [3.05, 3.63) is 36.3 Å². The van der Waals surface area contributed by atoms with Crippen LogP contribution in [0.1, 0.15) is 12.8 Å². The van der Waals surface area contributed by atoms with E-state index in [-0.39, 0.29) is 5.03 Å². The topological polar surface area (TPSA) is 68.1 Å². The Morgan fingerprint density at radius 3 is 2.76 bits per heavy atom. The Morgan fingerprint density at radius 2 is 2.19 bits per heavy atom. The lowest BCUT2D eigenvalue weighted by Crippen LogP contribution is -2.33. The molecule has 2 aromatic rings. The molecule has 0 atom stereocenters. The minimum atomic E-state index is -3.83. The van der Waals surface area contributed by atoms with Crippen molar-refractivity contribution in [2.45, 2.75) is 17.9 Å². The summed E-state index contributed by atoms with van der Waals surface area (Å²) in [6.07, 6.45) is 3.32. The molecule has 0 bridgehead atoms. The maximum Gasteiger partial charge on any atom is 0.285 e. The molecule has 1 aliphatic carbocycles. The molecule has 1 heterocycles. The molecule has 1 aliphatic rings. The molecule has 0 N–H and O–H groups in total. The van der Waals surface area contributed by atoms with Gasteiger partial charge in [-0.3, -0.25) is 8.99 Å². The summed E-state index contributed by atoms with van der Waals surface area (Å²) in [7, 11) is -2.24. The van der Waals surface area contributed by atoms with Crippen LogP contribution in [0.5, 0.6) is 0 Å². The number of sulfonamides is 1. The lowest BCUT2D eigenvalue weighted by atomic mass is 10.3. The van der Waals surface area contributed by atoms with Crippen molar-refractivity contribution in [2.75, 3.05) is 10.8 Å². The van der Waals surface area contributed by atoms with E-state index in [9.17, 15) is 12.8 Å². The van der Waals surface area contributed by atoms with Crippen LogP contribution in [0.4, 0.5) is 10.1 Å². The molecule has 0 amide bonds. The van der Waals surface area contributed by atoms with Crippen molar-refractivity contribution in [1.29, 1.82) is 0 Å². The fraction of sp³-hybridized carbons (Fsp3) is 0.385. The van der Waals surface area contributed by atoms with Gasteiger partial charge in [-0.05, 0) is 37.0 Å². The van der Waals surface area contributed by atoms with Gasteiger partial charge < -0.3 is 0 Å². The Bertz CT molecular complexity index is 755. The van der Waals surface area contributed by atoms with Crippen molar-refractivity contribution >= 4 is 15.7 Å². The van der Waals surface area contributed by atoms with Gasteiger partial charge in [-0.1, -0.05) is 11.3 Å². The maximum atomic E-state index is 13.4. The van der Waals surface area contributed by atoms with Gasteiger partial charge in [0.25, 0.3) is 10.0 Å². The number of rotatable bonds is 5. The fourth-order valence-corrected chi connectivity index (χ4v) is 3.52. The van der Waals surface area contributed by atoms with E-state index in [0.29, 0.717) is 18.2 Å². The number of anilines is 1. The van der Waals surface area contributed by atoms with Gasteiger partial charge in [-0.25, -0.2) is 4.39 Å². The smallest absolute Gasteiger partial charge is 0.265 e. The zero-order valence-corrected chi connectivity index (χ0v) is 12.3. The molecule has 0 spiro atoms. The largest absolute Gasteiger partial charge is 0.285 e. The van der Waals surface area contributed by atoms with Crippen LogP contribution in [-0.2, 0) is 17.1 Å². The van der Waals surface area contributed by atoms with Crippen molar-refractivity contribution in [3.63, 3.8) is 0 Å². The van der Waals surface area contributed by atoms with Crippen LogP contribution in [0.15, 0.2) is 35.5 Å².